The Hall–Kier alpha value is 0.230. The van der Waals surface area contributed by atoms with E-state index in [2.05, 4.69) is 24.0 Å². The minimum atomic E-state index is 0.363. The van der Waals surface area contributed by atoms with Crippen molar-refractivity contribution in [2.24, 2.45) is 0 Å². The van der Waals surface area contributed by atoms with Gasteiger partial charge in [-0.3, -0.25) is 0 Å². The number of hydrogen-bond donors (Lipinski definition) is 1. The van der Waals surface area contributed by atoms with Crippen molar-refractivity contribution in [3.8, 4) is 0 Å². The molecule has 0 bridgehead atoms. The van der Waals surface area contributed by atoms with Crippen molar-refractivity contribution in [2.75, 3.05) is 25.7 Å². The molecule has 0 aliphatic carbocycles. The first-order valence-electron chi connectivity index (χ1n) is 5.40. The summed E-state index contributed by atoms with van der Waals surface area (Å²) in [7, 11) is 0. The van der Waals surface area contributed by atoms with E-state index in [0.717, 1.165) is 24.8 Å². The van der Waals surface area contributed by atoms with Crippen molar-refractivity contribution in [2.45, 2.75) is 37.2 Å². The molecule has 0 aromatic carbocycles. The van der Waals surface area contributed by atoms with Crippen LogP contribution in [0.15, 0.2) is 0 Å². The third-order valence-electron chi connectivity index (χ3n) is 2.96. The van der Waals surface area contributed by atoms with Crippen molar-refractivity contribution in [3.63, 3.8) is 0 Å². The lowest BCUT2D eigenvalue weighted by molar-refractivity contribution is -0.137. The van der Waals surface area contributed by atoms with Crippen molar-refractivity contribution >= 4 is 11.8 Å². The van der Waals surface area contributed by atoms with E-state index >= 15 is 0 Å². The van der Waals surface area contributed by atoms with Crippen LogP contribution in [-0.2, 0) is 9.47 Å². The fraction of sp³-hybridized carbons (Fsp3) is 1.00. The maximum Gasteiger partial charge on any atom is 0.147 e. The van der Waals surface area contributed by atoms with Gasteiger partial charge in [0.1, 0.15) is 6.79 Å². The van der Waals surface area contributed by atoms with E-state index in [0.29, 0.717) is 18.9 Å². The number of rotatable bonds is 3. The summed E-state index contributed by atoms with van der Waals surface area (Å²) in [5.74, 6) is 1.30. The van der Waals surface area contributed by atoms with E-state index in [1.807, 2.05) is 0 Å². The molecule has 2 fully saturated rings. The molecule has 82 valence electrons. The van der Waals surface area contributed by atoms with Crippen molar-refractivity contribution in [1.29, 1.82) is 0 Å². The molecule has 3 atom stereocenters. The molecule has 3 nitrogen and oxygen atoms in total. The van der Waals surface area contributed by atoms with E-state index in [-0.39, 0.29) is 0 Å². The molecule has 2 aliphatic heterocycles. The van der Waals surface area contributed by atoms with Crippen LogP contribution in [0.1, 0.15) is 19.8 Å². The molecular weight excluding hydrogens is 198 g/mol. The van der Waals surface area contributed by atoms with Crippen LogP contribution in [0, 0.1) is 0 Å². The standard InChI is InChI=1S/C10H19NO2S/c1-8-10(3-5-14-8)11-6-9-2-4-12-7-13-9/h8-11H,2-7H2,1H3. The summed E-state index contributed by atoms with van der Waals surface area (Å²) in [6.45, 7) is 4.61. The molecule has 14 heavy (non-hydrogen) atoms. The first kappa shape index (κ1) is 10.7. The van der Waals surface area contributed by atoms with Crippen molar-refractivity contribution in [1.82, 2.24) is 5.32 Å². The van der Waals surface area contributed by atoms with E-state index in [1.54, 1.807) is 0 Å². The minimum Gasteiger partial charge on any atom is -0.355 e. The summed E-state index contributed by atoms with van der Waals surface area (Å²) in [6.07, 6.45) is 2.69. The van der Waals surface area contributed by atoms with Crippen LogP contribution in [0.3, 0.4) is 0 Å². The van der Waals surface area contributed by atoms with Gasteiger partial charge < -0.3 is 14.8 Å². The molecule has 0 aromatic rings. The Morgan fingerprint density at radius 1 is 1.43 bits per heavy atom. The fourth-order valence-electron chi connectivity index (χ4n) is 1.94. The van der Waals surface area contributed by atoms with Crippen LogP contribution in [0.25, 0.3) is 0 Å². The number of ether oxygens (including phenoxy) is 2. The molecule has 0 radical (unpaired) electrons. The van der Waals surface area contributed by atoms with Gasteiger partial charge >= 0.3 is 0 Å². The average molecular weight is 217 g/mol. The van der Waals surface area contributed by atoms with Gasteiger partial charge in [0, 0.05) is 17.8 Å². The molecule has 4 heteroatoms. The maximum atomic E-state index is 5.48. The molecule has 0 aromatic heterocycles. The highest BCUT2D eigenvalue weighted by molar-refractivity contribution is 8.00. The lowest BCUT2D eigenvalue weighted by Gasteiger charge is -2.25. The second kappa shape index (κ2) is 5.35. The molecule has 2 heterocycles. The molecule has 0 saturated carbocycles. The van der Waals surface area contributed by atoms with Gasteiger partial charge in [0.15, 0.2) is 0 Å². The average Bonchev–Trinajstić information content (AvgIpc) is 2.63. The van der Waals surface area contributed by atoms with Gasteiger partial charge in [-0.2, -0.15) is 11.8 Å². The highest BCUT2D eigenvalue weighted by Crippen LogP contribution is 2.26. The Morgan fingerprint density at radius 3 is 3.00 bits per heavy atom. The highest BCUT2D eigenvalue weighted by Gasteiger charge is 2.24. The molecule has 2 aliphatic rings. The normalized spacial score (nSPS) is 38.8. The predicted molar refractivity (Wildman–Crippen MR) is 58.6 cm³/mol. The molecule has 3 unspecified atom stereocenters. The van der Waals surface area contributed by atoms with E-state index in [4.69, 9.17) is 9.47 Å². The van der Waals surface area contributed by atoms with Crippen LogP contribution in [0.2, 0.25) is 0 Å². The fourth-order valence-corrected chi connectivity index (χ4v) is 3.17. The Morgan fingerprint density at radius 2 is 2.36 bits per heavy atom. The van der Waals surface area contributed by atoms with Gasteiger partial charge in [-0.1, -0.05) is 6.92 Å². The third kappa shape index (κ3) is 2.86. The van der Waals surface area contributed by atoms with E-state index in [9.17, 15) is 0 Å². The molecular formula is C10H19NO2S. The quantitative estimate of drug-likeness (QED) is 0.770. The smallest absolute Gasteiger partial charge is 0.147 e. The lowest BCUT2D eigenvalue weighted by Crippen LogP contribution is -2.41. The maximum absolute atomic E-state index is 5.48. The number of hydrogen-bond acceptors (Lipinski definition) is 4. The van der Waals surface area contributed by atoms with E-state index in [1.165, 1.54) is 12.2 Å². The Bertz CT molecular complexity index is 174. The largest absolute Gasteiger partial charge is 0.355 e. The van der Waals surface area contributed by atoms with Gasteiger partial charge in [0.05, 0.1) is 12.7 Å². The lowest BCUT2D eigenvalue weighted by atomic mass is 10.1. The number of nitrogens with one attached hydrogen (secondary N) is 1. The Labute approximate surface area is 89.9 Å². The van der Waals surface area contributed by atoms with Crippen molar-refractivity contribution < 1.29 is 9.47 Å². The zero-order chi connectivity index (χ0) is 9.80. The second-order valence-electron chi connectivity index (χ2n) is 3.98. The second-order valence-corrected chi connectivity index (χ2v) is 5.47. The van der Waals surface area contributed by atoms with Crippen LogP contribution < -0.4 is 5.32 Å². The summed E-state index contributed by atoms with van der Waals surface area (Å²) in [5.41, 5.74) is 0. The first-order chi connectivity index (χ1) is 6.86. The molecule has 2 saturated heterocycles. The zero-order valence-electron chi connectivity index (χ0n) is 8.70. The zero-order valence-corrected chi connectivity index (χ0v) is 9.52. The van der Waals surface area contributed by atoms with Gasteiger partial charge in [-0.25, -0.2) is 0 Å². The summed E-state index contributed by atoms with van der Waals surface area (Å²) >= 11 is 2.06. The van der Waals surface area contributed by atoms with Gasteiger partial charge in [0.25, 0.3) is 0 Å². The Kier molecular flexibility index (Phi) is 4.10. The van der Waals surface area contributed by atoms with Crippen LogP contribution >= 0.6 is 11.8 Å². The van der Waals surface area contributed by atoms with Crippen LogP contribution in [0.5, 0.6) is 0 Å². The van der Waals surface area contributed by atoms with Gasteiger partial charge in [-0.15, -0.1) is 0 Å². The van der Waals surface area contributed by atoms with Gasteiger partial charge in [-0.05, 0) is 18.6 Å². The predicted octanol–water partition coefficient (Wildman–Crippen LogP) is 1.23. The van der Waals surface area contributed by atoms with Crippen LogP contribution in [0.4, 0.5) is 0 Å². The minimum absolute atomic E-state index is 0.363. The molecule has 0 amide bonds. The first-order valence-corrected chi connectivity index (χ1v) is 6.45. The summed E-state index contributed by atoms with van der Waals surface area (Å²) in [6, 6.07) is 0.687. The topological polar surface area (TPSA) is 30.5 Å². The summed E-state index contributed by atoms with van der Waals surface area (Å²) in [5, 5.41) is 4.36. The van der Waals surface area contributed by atoms with E-state index < -0.39 is 0 Å². The molecule has 2 rings (SSSR count). The molecule has 1 N–H and O–H groups in total. The van der Waals surface area contributed by atoms with Crippen molar-refractivity contribution in [3.05, 3.63) is 0 Å². The summed E-state index contributed by atoms with van der Waals surface area (Å²) < 4.78 is 10.6. The Balaban J connectivity index is 1.65. The summed E-state index contributed by atoms with van der Waals surface area (Å²) in [4.78, 5) is 0. The molecule has 0 spiro atoms. The highest BCUT2D eigenvalue weighted by atomic mass is 32.2. The van der Waals surface area contributed by atoms with Gasteiger partial charge in [0.2, 0.25) is 0 Å². The monoisotopic (exact) mass is 217 g/mol. The number of thioether (sulfide) groups is 1. The third-order valence-corrected chi connectivity index (χ3v) is 4.28. The van der Waals surface area contributed by atoms with Crippen LogP contribution in [-0.4, -0.2) is 43.1 Å². The SMILES string of the molecule is CC1SCCC1NCC1CCOCO1.